The molecule has 1 aromatic rings. The summed E-state index contributed by atoms with van der Waals surface area (Å²) in [4.78, 5) is 1.62. The van der Waals surface area contributed by atoms with Crippen LogP contribution in [-0.2, 0) is 0 Å². The Kier molecular flexibility index (Phi) is 3.66. The van der Waals surface area contributed by atoms with E-state index in [4.69, 9.17) is 10.5 Å². The molecule has 2 N–H and O–H groups in total. The van der Waals surface area contributed by atoms with Gasteiger partial charge in [0.15, 0.2) is 0 Å². The second-order valence-corrected chi connectivity index (χ2v) is 5.34. The van der Waals surface area contributed by atoms with E-state index in [1.807, 2.05) is 0 Å². The third-order valence-electron chi connectivity index (χ3n) is 3.04. The Morgan fingerprint density at radius 2 is 2.17 bits per heavy atom. The van der Waals surface area contributed by atoms with E-state index in [1.165, 1.54) is 7.11 Å². The SMILES string of the molecule is COc1cc(Br)cc(N2CCCC(F)(F)C2)c1N. The highest BCUT2D eigenvalue weighted by atomic mass is 79.9. The molecule has 0 amide bonds. The molecule has 0 atom stereocenters. The first-order valence-electron chi connectivity index (χ1n) is 5.69. The molecule has 1 aliphatic heterocycles. The van der Waals surface area contributed by atoms with Crippen LogP contribution in [-0.4, -0.2) is 26.1 Å². The number of hydrogen-bond acceptors (Lipinski definition) is 3. The van der Waals surface area contributed by atoms with E-state index in [0.29, 0.717) is 30.1 Å². The van der Waals surface area contributed by atoms with Gasteiger partial charge in [0.1, 0.15) is 5.75 Å². The number of benzene rings is 1. The number of halogens is 3. The van der Waals surface area contributed by atoms with Crippen molar-refractivity contribution >= 4 is 27.3 Å². The zero-order chi connectivity index (χ0) is 13.3. The fourth-order valence-electron chi connectivity index (χ4n) is 2.18. The van der Waals surface area contributed by atoms with Gasteiger partial charge in [0.25, 0.3) is 5.92 Å². The van der Waals surface area contributed by atoms with Crippen molar-refractivity contribution in [3.8, 4) is 5.75 Å². The second kappa shape index (κ2) is 4.91. The smallest absolute Gasteiger partial charge is 0.265 e. The largest absolute Gasteiger partial charge is 0.494 e. The molecule has 1 aliphatic rings. The molecule has 0 saturated carbocycles. The van der Waals surface area contributed by atoms with Gasteiger partial charge in [-0.1, -0.05) is 15.9 Å². The maximum absolute atomic E-state index is 13.4. The first kappa shape index (κ1) is 13.4. The molecule has 0 unspecified atom stereocenters. The average Bonchev–Trinajstić information content (AvgIpc) is 2.30. The predicted molar refractivity (Wildman–Crippen MR) is 71.5 cm³/mol. The Hall–Kier alpha value is -1.04. The molecule has 3 nitrogen and oxygen atoms in total. The zero-order valence-corrected chi connectivity index (χ0v) is 11.6. The number of anilines is 2. The van der Waals surface area contributed by atoms with Crippen LogP contribution in [0.15, 0.2) is 16.6 Å². The highest BCUT2D eigenvalue weighted by molar-refractivity contribution is 9.10. The fraction of sp³-hybridized carbons (Fsp3) is 0.500. The van der Waals surface area contributed by atoms with Crippen molar-refractivity contribution in [2.24, 2.45) is 0 Å². The molecular formula is C12H15BrF2N2O. The second-order valence-electron chi connectivity index (χ2n) is 4.42. The zero-order valence-electron chi connectivity index (χ0n) is 10.0. The van der Waals surface area contributed by atoms with Crippen molar-refractivity contribution in [2.75, 3.05) is 30.8 Å². The van der Waals surface area contributed by atoms with Crippen molar-refractivity contribution in [2.45, 2.75) is 18.8 Å². The van der Waals surface area contributed by atoms with Gasteiger partial charge in [0, 0.05) is 17.4 Å². The van der Waals surface area contributed by atoms with E-state index in [9.17, 15) is 8.78 Å². The van der Waals surface area contributed by atoms with Crippen LogP contribution in [0.3, 0.4) is 0 Å². The molecule has 2 rings (SSSR count). The highest BCUT2D eigenvalue weighted by Crippen LogP contribution is 2.39. The molecule has 0 radical (unpaired) electrons. The van der Waals surface area contributed by atoms with Crippen LogP contribution in [0, 0.1) is 0 Å². The van der Waals surface area contributed by atoms with E-state index in [0.717, 1.165) is 4.47 Å². The topological polar surface area (TPSA) is 38.5 Å². The molecule has 1 aromatic carbocycles. The maximum Gasteiger partial charge on any atom is 0.265 e. The minimum absolute atomic E-state index is 0.0610. The van der Waals surface area contributed by atoms with Gasteiger partial charge >= 0.3 is 0 Å². The average molecular weight is 321 g/mol. The minimum atomic E-state index is -2.65. The number of nitrogens with two attached hydrogens (primary N) is 1. The number of alkyl halides is 2. The van der Waals surface area contributed by atoms with Gasteiger partial charge in [-0.05, 0) is 18.6 Å². The Balaban J connectivity index is 2.35. The predicted octanol–water partition coefficient (Wildman–Crippen LogP) is 3.28. The quantitative estimate of drug-likeness (QED) is 0.850. The standard InChI is InChI=1S/C12H15BrF2N2O/c1-18-10-6-8(13)5-9(11(10)16)17-4-2-3-12(14,15)7-17/h5-6H,2-4,7,16H2,1H3. The Morgan fingerprint density at radius 1 is 1.44 bits per heavy atom. The van der Waals surface area contributed by atoms with E-state index in [1.54, 1.807) is 17.0 Å². The number of methoxy groups -OCH3 is 1. The van der Waals surface area contributed by atoms with Gasteiger partial charge in [0.05, 0.1) is 25.0 Å². The lowest BCUT2D eigenvalue weighted by molar-refractivity contribution is -0.0116. The first-order valence-corrected chi connectivity index (χ1v) is 6.48. The van der Waals surface area contributed by atoms with Gasteiger partial charge in [-0.25, -0.2) is 8.78 Å². The molecule has 6 heteroatoms. The molecule has 18 heavy (non-hydrogen) atoms. The van der Waals surface area contributed by atoms with E-state index in [-0.39, 0.29) is 13.0 Å². The van der Waals surface area contributed by atoms with E-state index < -0.39 is 5.92 Å². The van der Waals surface area contributed by atoms with Gasteiger partial charge in [-0.2, -0.15) is 0 Å². The third-order valence-corrected chi connectivity index (χ3v) is 3.50. The molecule has 1 heterocycles. The molecule has 100 valence electrons. The summed E-state index contributed by atoms with van der Waals surface area (Å²) in [5, 5.41) is 0. The van der Waals surface area contributed by atoms with Crippen LogP contribution >= 0.6 is 15.9 Å². The van der Waals surface area contributed by atoms with Crippen molar-refractivity contribution in [3.05, 3.63) is 16.6 Å². The molecule has 1 fully saturated rings. The lowest BCUT2D eigenvalue weighted by Crippen LogP contribution is -2.42. The molecule has 1 saturated heterocycles. The summed E-state index contributed by atoms with van der Waals surface area (Å²) in [6, 6.07) is 3.47. The van der Waals surface area contributed by atoms with E-state index >= 15 is 0 Å². The maximum atomic E-state index is 13.4. The lowest BCUT2D eigenvalue weighted by atomic mass is 10.1. The van der Waals surface area contributed by atoms with Crippen LogP contribution in [0.2, 0.25) is 0 Å². The first-order chi connectivity index (χ1) is 8.43. The fourth-order valence-corrected chi connectivity index (χ4v) is 2.61. The number of ether oxygens (including phenoxy) is 1. The number of hydrogen-bond donors (Lipinski definition) is 1. The normalized spacial score (nSPS) is 18.8. The summed E-state index contributed by atoms with van der Waals surface area (Å²) >= 11 is 3.33. The lowest BCUT2D eigenvalue weighted by Gasteiger charge is -2.35. The molecule has 0 aliphatic carbocycles. The Bertz CT molecular complexity index is 454. The minimum Gasteiger partial charge on any atom is -0.494 e. The van der Waals surface area contributed by atoms with Gasteiger partial charge in [-0.15, -0.1) is 0 Å². The summed E-state index contributed by atoms with van der Waals surface area (Å²) in [6.45, 7) is 0.288. The monoisotopic (exact) mass is 320 g/mol. The van der Waals surface area contributed by atoms with E-state index in [2.05, 4.69) is 15.9 Å². The van der Waals surface area contributed by atoms with Crippen LogP contribution in [0.5, 0.6) is 5.75 Å². The van der Waals surface area contributed by atoms with Gasteiger partial charge < -0.3 is 15.4 Å². The number of piperidine rings is 1. The Labute approximate surface area is 113 Å². The van der Waals surface area contributed by atoms with Crippen LogP contribution in [0.25, 0.3) is 0 Å². The van der Waals surface area contributed by atoms with Gasteiger partial charge in [0.2, 0.25) is 0 Å². The highest BCUT2D eigenvalue weighted by Gasteiger charge is 2.36. The van der Waals surface area contributed by atoms with Gasteiger partial charge in [-0.3, -0.25) is 0 Å². The molecule has 0 bridgehead atoms. The third kappa shape index (κ3) is 2.68. The number of nitrogens with zero attached hydrogens (tertiary/aromatic N) is 1. The molecule has 0 aromatic heterocycles. The van der Waals surface area contributed by atoms with Crippen molar-refractivity contribution in [1.29, 1.82) is 0 Å². The summed E-state index contributed by atoms with van der Waals surface area (Å²) in [7, 11) is 1.51. The van der Waals surface area contributed by atoms with Crippen LogP contribution < -0.4 is 15.4 Å². The molecular weight excluding hydrogens is 306 g/mol. The number of nitrogen functional groups attached to an aromatic ring is 1. The molecule has 0 spiro atoms. The Morgan fingerprint density at radius 3 is 2.78 bits per heavy atom. The van der Waals surface area contributed by atoms with Crippen molar-refractivity contribution in [1.82, 2.24) is 0 Å². The summed E-state index contributed by atoms with van der Waals surface area (Å²) in [5.74, 6) is -2.16. The summed E-state index contributed by atoms with van der Waals surface area (Å²) < 4.78 is 32.8. The summed E-state index contributed by atoms with van der Waals surface area (Å²) in [5.41, 5.74) is 6.95. The summed E-state index contributed by atoms with van der Waals surface area (Å²) in [6.07, 6.45) is 0.399. The van der Waals surface area contributed by atoms with Crippen LogP contribution in [0.1, 0.15) is 12.8 Å². The van der Waals surface area contributed by atoms with Crippen LogP contribution in [0.4, 0.5) is 20.2 Å². The van der Waals surface area contributed by atoms with Crippen molar-refractivity contribution < 1.29 is 13.5 Å². The number of rotatable bonds is 2. The van der Waals surface area contributed by atoms with Crippen molar-refractivity contribution in [3.63, 3.8) is 0 Å².